The number of hydrogen-bond donors (Lipinski definition) is 1. The molecule has 1 amide bonds. The molecule has 0 aliphatic carbocycles. The van der Waals surface area contributed by atoms with E-state index < -0.39 is 9.84 Å². The van der Waals surface area contributed by atoms with Crippen LogP contribution in [0, 0.1) is 5.92 Å². The molecular formula is C13H24N2O3S. The molecule has 2 aliphatic heterocycles. The Morgan fingerprint density at radius 2 is 1.95 bits per heavy atom. The molecule has 2 saturated heterocycles. The van der Waals surface area contributed by atoms with E-state index in [0.29, 0.717) is 18.9 Å². The summed E-state index contributed by atoms with van der Waals surface area (Å²) in [6.45, 7) is 4.66. The van der Waals surface area contributed by atoms with Crippen LogP contribution in [0.4, 0.5) is 0 Å². The first-order chi connectivity index (χ1) is 9.02. The van der Waals surface area contributed by atoms with Crippen LogP contribution < -0.4 is 5.32 Å². The van der Waals surface area contributed by atoms with E-state index >= 15 is 0 Å². The molecule has 1 N–H and O–H groups in total. The number of nitrogens with zero attached hydrogens (tertiary/aromatic N) is 1. The Bertz CT molecular complexity index is 416. The lowest BCUT2D eigenvalue weighted by Crippen LogP contribution is -2.46. The molecule has 2 fully saturated rings. The molecule has 2 heterocycles. The third-order valence-corrected chi connectivity index (χ3v) is 6.04. The third-order valence-electron chi connectivity index (χ3n) is 4.20. The maximum atomic E-state index is 12.4. The lowest BCUT2D eigenvalue weighted by Gasteiger charge is -2.34. The zero-order valence-electron chi connectivity index (χ0n) is 11.6. The van der Waals surface area contributed by atoms with E-state index in [0.717, 1.165) is 32.5 Å². The van der Waals surface area contributed by atoms with Gasteiger partial charge in [0, 0.05) is 19.0 Å². The number of nitrogens with one attached hydrogen (secondary N) is 1. The molecule has 1 unspecified atom stereocenters. The maximum absolute atomic E-state index is 12.4. The second-order valence-corrected chi connectivity index (χ2v) is 7.86. The first-order valence-corrected chi connectivity index (χ1v) is 9.04. The van der Waals surface area contributed by atoms with Crippen molar-refractivity contribution in [3.05, 3.63) is 0 Å². The summed E-state index contributed by atoms with van der Waals surface area (Å²) >= 11 is 0. The van der Waals surface area contributed by atoms with Crippen LogP contribution in [0.15, 0.2) is 0 Å². The molecule has 0 aromatic heterocycles. The fourth-order valence-corrected chi connectivity index (χ4v) is 5.02. The largest absolute Gasteiger partial charge is 0.340 e. The summed E-state index contributed by atoms with van der Waals surface area (Å²) in [5.74, 6) is 0.622. The molecule has 0 aromatic carbocycles. The van der Waals surface area contributed by atoms with E-state index in [9.17, 15) is 13.2 Å². The Balaban J connectivity index is 1.90. The van der Waals surface area contributed by atoms with Gasteiger partial charge in [-0.3, -0.25) is 4.79 Å². The lowest BCUT2D eigenvalue weighted by molar-refractivity contribution is -0.134. The Hall–Kier alpha value is -0.620. The summed E-state index contributed by atoms with van der Waals surface area (Å²) in [5, 5.41) is 3.30. The molecule has 5 nitrogen and oxygen atoms in total. The molecule has 0 bridgehead atoms. The maximum Gasteiger partial charge on any atom is 0.223 e. The molecule has 0 radical (unpaired) electrons. The van der Waals surface area contributed by atoms with Crippen LogP contribution in [0.5, 0.6) is 0 Å². The first-order valence-electron chi connectivity index (χ1n) is 7.22. The fourth-order valence-electron chi connectivity index (χ4n) is 3.15. The van der Waals surface area contributed by atoms with E-state index in [1.54, 1.807) is 0 Å². The predicted molar refractivity (Wildman–Crippen MR) is 74.7 cm³/mol. The van der Waals surface area contributed by atoms with Crippen LogP contribution >= 0.6 is 0 Å². The van der Waals surface area contributed by atoms with Crippen molar-refractivity contribution >= 4 is 15.7 Å². The standard InChI is InChI=1S/C13H24N2O3S/c1-2-15(12-3-6-14-7-4-12)13(16)9-11-5-8-19(17,18)10-11/h11-12,14H,2-10H2,1H3. The molecule has 2 aliphatic rings. The van der Waals surface area contributed by atoms with Gasteiger partial charge in [0.1, 0.15) is 0 Å². The van der Waals surface area contributed by atoms with E-state index in [1.807, 2.05) is 11.8 Å². The number of hydrogen-bond acceptors (Lipinski definition) is 4. The monoisotopic (exact) mass is 288 g/mol. The lowest BCUT2D eigenvalue weighted by atomic mass is 10.0. The van der Waals surface area contributed by atoms with Crippen molar-refractivity contribution in [1.29, 1.82) is 0 Å². The van der Waals surface area contributed by atoms with Crippen LogP contribution in [0.1, 0.15) is 32.6 Å². The Kier molecular flexibility index (Phi) is 4.84. The fraction of sp³-hybridized carbons (Fsp3) is 0.923. The SMILES string of the molecule is CCN(C(=O)CC1CCS(=O)(=O)C1)C1CCNCC1. The molecule has 0 aromatic rings. The van der Waals surface area contributed by atoms with Crippen molar-refractivity contribution in [3.63, 3.8) is 0 Å². The average Bonchev–Trinajstić information content (AvgIpc) is 2.71. The average molecular weight is 288 g/mol. The number of amides is 1. The van der Waals surface area contributed by atoms with Gasteiger partial charge in [-0.1, -0.05) is 0 Å². The topological polar surface area (TPSA) is 66.5 Å². The molecule has 110 valence electrons. The van der Waals surface area contributed by atoms with Gasteiger partial charge in [0.2, 0.25) is 5.91 Å². The second-order valence-electron chi connectivity index (χ2n) is 5.63. The van der Waals surface area contributed by atoms with E-state index in [4.69, 9.17) is 0 Å². The highest BCUT2D eigenvalue weighted by molar-refractivity contribution is 7.91. The smallest absolute Gasteiger partial charge is 0.223 e. The van der Waals surface area contributed by atoms with Gasteiger partial charge in [-0.05, 0) is 45.2 Å². The van der Waals surface area contributed by atoms with E-state index in [2.05, 4.69) is 5.32 Å². The molecule has 1 atom stereocenters. The number of carbonyl (C=O) groups is 1. The summed E-state index contributed by atoms with van der Waals surface area (Å²) in [6.07, 6.45) is 3.06. The minimum absolute atomic E-state index is 0.0354. The predicted octanol–water partition coefficient (Wildman–Crippen LogP) is 0.412. The number of rotatable bonds is 4. The molecule has 2 rings (SSSR count). The van der Waals surface area contributed by atoms with Gasteiger partial charge in [0.05, 0.1) is 11.5 Å². The van der Waals surface area contributed by atoms with Gasteiger partial charge in [-0.15, -0.1) is 0 Å². The molecule has 0 saturated carbocycles. The Labute approximate surface area is 115 Å². The van der Waals surface area contributed by atoms with Crippen LogP contribution in [-0.2, 0) is 14.6 Å². The Morgan fingerprint density at radius 3 is 2.47 bits per heavy atom. The van der Waals surface area contributed by atoms with Gasteiger partial charge in [-0.25, -0.2) is 8.42 Å². The number of carbonyl (C=O) groups excluding carboxylic acids is 1. The van der Waals surface area contributed by atoms with Crippen molar-refractivity contribution in [2.24, 2.45) is 5.92 Å². The zero-order chi connectivity index (χ0) is 13.9. The summed E-state index contributed by atoms with van der Waals surface area (Å²) in [6, 6.07) is 0.330. The number of piperidine rings is 1. The zero-order valence-corrected chi connectivity index (χ0v) is 12.4. The minimum Gasteiger partial charge on any atom is -0.340 e. The minimum atomic E-state index is -2.88. The molecule has 0 spiro atoms. The quantitative estimate of drug-likeness (QED) is 0.814. The second kappa shape index (κ2) is 6.22. The molecule has 19 heavy (non-hydrogen) atoms. The van der Waals surface area contributed by atoms with E-state index in [1.165, 1.54) is 0 Å². The molecule has 6 heteroatoms. The van der Waals surface area contributed by atoms with Crippen LogP contribution in [0.25, 0.3) is 0 Å². The normalized spacial score (nSPS) is 27.3. The summed E-state index contributed by atoms with van der Waals surface area (Å²) in [7, 11) is -2.88. The van der Waals surface area contributed by atoms with Crippen molar-refractivity contribution in [3.8, 4) is 0 Å². The molecular weight excluding hydrogens is 264 g/mol. The Morgan fingerprint density at radius 1 is 1.26 bits per heavy atom. The van der Waals surface area contributed by atoms with Gasteiger partial charge < -0.3 is 10.2 Å². The summed E-state index contributed by atoms with van der Waals surface area (Å²) in [5.41, 5.74) is 0. The summed E-state index contributed by atoms with van der Waals surface area (Å²) in [4.78, 5) is 14.3. The third kappa shape index (κ3) is 3.92. The highest BCUT2D eigenvalue weighted by Crippen LogP contribution is 2.23. The van der Waals surface area contributed by atoms with Crippen LogP contribution in [-0.4, -0.2) is 56.4 Å². The highest BCUT2D eigenvalue weighted by atomic mass is 32.2. The van der Waals surface area contributed by atoms with Crippen molar-refractivity contribution in [1.82, 2.24) is 10.2 Å². The van der Waals surface area contributed by atoms with Crippen LogP contribution in [0.2, 0.25) is 0 Å². The summed E-state index contributed by atoms with van der Waals surface area (Å²) < 4.78 is 22.9. The van der Waals surface area contributed by atoms with Crippen molar-refractivity contribution in [2.45, 2.75) is 38.6 Å². The van der Waals surface area contributed by atoms with Gasteiger partial charge in [0.25, 0.3) is 0 Å². The van der Waals surface area contributed by atoms with Gasteiger partial charge in [-0.2, -0.15) is 0 Å². The van der Waals surface area contributed by atoms with Crippen LogP contribution in [0.3, 0.4) is 0 Å². The van der Waals surface area contributed by atoms with E-state index in [-0.39, 0.29) is 23.3 Å². The van der Waals surface area contributed by atoms with Gasteiger partial charge >= 0.3 is 0 Å². The highest BCUT2D eigenvalue weighted by Gasteiger charge is 2.32. The number of sulfone groups is 1. The van der Waals surface area contributed by atoms with Gasteiger partial charge in [0.15, 0.2) is 9.84 Å². The van der Waals surface area contributed by atoms with Crippen molar-refractivity contribution in [2.75, 3.05) is 31.1 Å². The van der Waals surface area contributed by atoms with Crippen molar-refractivity contribution < 1.29 is 13.2 Å². The first kappa shape index (κ1) is 14.8.